The third kappa shape index (κ3) is 5.67. The van der Waals surface area contributed by atoms with Crippen molar-refractivity contribution >= 4 is 11.1 Å². The molecule has 1 aliphatic rings. The Labute approximate surface area is 198 Å². The Morgan fingerprint density at radius 3 is 2.27 bits per heavy atom. The summed E-state index contributed by atoms with van der Waals surface area (Å²) in [7, 11) is 0. The number of rotatable bonds is 7. The van der Waals surface area contributed by atoms with Crippen LogP contribution in [0, 0.1) is 0 Å². The Morgan fingerprint density at radius 1 is 0.818 bits per heavy atom. The summed E-state index contributed by atoms with van der Waals surface area (Å²) >= 11 is 0. The summed E-state index contributed by atoms with van der Waals surface area (Å²) in [4.78, 5) is 0. The van der Waals surface area contributed by atoms with Crippen LogP contribution in [0.2, 0.25) is 0 Å². The Bertz CT molecular complexity index is 1260. The van der Waals surface area contributed by atoms with E-state index in [0.29, 0.717) is 0 Å². The lowest BCUT2D eigenvalue weighted by atomic mass is 9.95. The van der Waals surface area contributed by atoms with Crippen molar-refractivity contribution in [3.8, 4) is 22.3 Å². The van der Waals surface area contributed by atoms with Crippen LogP contribution in [-0.2, 0) is 0 Å². The predicted octanol–water partition coefficient (Wildman–Crippen LogP) is 9.46. The van der Waals surface area contributed by atoms with Gasteiger partial charge in [-0.3, -0.25) is 0 Å². The molecule has 0 aromatic heterocycles. The standard InChI is InChI=1S/C33H30/c1-3-5-13-26(12-4-2)30-16-10-18-32(24-30)33-19-11-17-31(25-33)29-22-20-28(21-23-29)27-14-8-6-7-9-15-27/h3,5-6,8-25H,1,4,7H2,2H3/b13-5-,26-12+. The predicted molar refractivity (Wildman–Crippen MR) is 146 cm³/mol. The fourth-order valence-corrected chi connectivity index (χ4v) is 4.06. The van der Waals surface area contributed by atoms with E-state index in [9.17, 15) is 0 Å². The molecule has 0 aliphatic heterocycles. The maximum atomic E-state index is 3.80. The quantitative estimate of drug-likeness (QED) is 0.330. The van der Waals surface area contributed by atoms with Gasteiger partial charge in [0.15, 0.2) is 0 Å². The van der Waals surface area contributed by atoms with Gasteiger partial charge < -0.3 is 0 Å². The molecule has 0 amide bonds. The molecule has 1 aliphatic carbocycles. The minimum Gasteiger partial charge on any atom is -0.0991 e. The van der Waals surface area contributed by atoms with E-state index in [-0.39, 0.29) is 0 Å². The lowest BCUT2D eigenvalue weighted by molar-refractivity contribution is 1.23. The molecule has 0 saturated carbocycles. The minimum absolute atomic E-state index is 0.992. The molecule has 0 N–H and O–H groups in total. The van der Waals surface area contributed by atoms with Crippen molar-refractivity contribution in [3.05, 3.63) is 145 Å². The summed E-state index contributed by atoms with van der Waals surface area (Å²) in [6.07, 6.45) is 21.1. The molecule has 0 fully saturated rings. The topological polar surface area (TPSA) is 0 Å². The summed E-state index contributed by atoms with van der Waals surface area (Å²) in [5, 5.41) is 0. The van der Waals surface area contributed by atoms with Crippen LogP contribution in [0.25, 0.3) is 33.4 Å². The van der Waals surface area contributed by atoms with Gasteiger partial charge in [-0.1, -0.05) is 129 Å². The molecule has 33 heavy (non-hydrogen) atoms. The van der Waals surface area contributed by atoms with E-state index in [4.69, 9.17) is 0 Å². The molecule has 4 rings (SSSR count). The highest BCUT2D eigenvalue weighted by Crippen LogP contribution is 2.30. The van der Waals surface area contributed by atoms with Gasteiger partial charge in [-0.25, -0.2) is 0 Å². The highest BCUT2D eigenvalue weighted by molar-refractivity contribution is 5.81. The van der Waals surface area contributed by atoms with Gasteiger partial charge in [-0.2, -0.15) is 0 Å². The molecule has 0 heterocycles. The normalized spacial score (nSPS) is 13.7. The summed E-state index contributed by atoms with van der Waals surface area (Å²) in [6, 6.07) is 26.4. The maximum Gasteiger partial charge on any atom is -0.0163 e. The van der Waals surface area contributed by atoms with Crippen LogP contribution in [0.15, 0.2) is 134 Å². The second-order valence-corrected chi connectivity index (χ2v) is 8.09. The van der Waals surface area contributed by atoms with E-state index in [0.717, 1.165) is 12.8 Å². The van der Waals surface area contributed by atoms with Gasteiger partial charge >= 0.3 is 0 Å². The van der Waals surface area contributed by atoms with Gasteiger partial charge in [-0.15, -0.1) is 0 Å². The number of allylic oxidation sites excluding steroid dienone is 11. The van der Waals surface area contributed by atoms with E-state index in [2.05, 4.69) is 129 Å². The molecule has 0 radical (unpaired) electrons. The van der Waals surface area contributed by atoms with E-state index < -0.39 is 0 Å². The first-order valence-electron chi connectivity index (χ1n) is 11.6. The minimum atomic E-state index is 0.992. The van der Waals surface area contributed by atoms with Crippen LogP contribution in [0.3, 0.4) is 0 Å². The average Bonchev–Trinajstić information content (AvgIpc) is 3.17. The summed E-state index contributed by atoms with van der Waals surface area (Å²) in [6.45, 7) is 5.97. The fourth-order valence-electron chi connectivity index (χ4n) is 4.06. The third-order valence-corrected chi connectivity index (χ3v) is 5.76. The maximum absolute atomic E-state index is 3.80. The second-order valence-electron chi connectivity index (χ2n) is 8.09. The number of benzene rings is 3. The van der Waals surface area contributed by atoms with E-state index in [1.807, 2.05) is 12.2 Å². The van der Waals surface area contributed by atoms with Crippen LogP contribution in [0.1, 0.15) is 30.9 Å². The first-order chi connectivity index (χ1) is 16.3. The van der Waals surface area contributed by atoms with E-state index in [1.165, 1.54) is 44.5 Å². The van der Waals surface area contributed by atoms with Crippen LogP contribution >= 0.6 is 0 Å². The fraction of sp³-hybridized carbons (Fsp3) is 0.0909. The van der Waals surface area contributed by atoms with Crippen molar-refractivity contribution < 1.29 is 0 Å². The van der Waals surface area contributed by atoms with Crippen LogP contribution in [0.5, 0.6) is 0 Å². The van der Waals surface area contributed by atoms with E-state index in [1.54, 1.807) is 0 Å². The molecule has 0 spiro atoms. The zero-order chi connectivity index (χ0) is 22.9. The number of hydrogen-bond donors (Lipinski definition) is 0. The van der Waals surface area contributed by atoms with Gasteiger partial charge in [0.05, 0.1) is 0 Å². The zero-order valence-electron chi connectivity index (χ0n) is 19.2. The van der Waals surface area contributed by atoms with Crippen LogP contribution < -0.4 is 0 Å². The van der Waals surface area contributed by atoms with Crippen molar-refractivity contribution in [2.45, 2.75) is 19.8 Å². The van der Waals surface area contributed by atoms with Crippen LogP contribution in [-0.4, -0.2) is 0 Å². The molecule has 3 aromatic carbocycles. The summed E-state index contributed by atoms with van der Waals surface area (Å²) < 4.78 is 0. The van der Waals surface area contributed by atoms with Crippen molar-refractivity contribution in [1.82, 2.24) is 0 Å². The van der Waals surface area contributed by atoms with Crippen LogP contribution in [0.4, 0.5) is 0 Å². The second kappa shape index (κ2) is 11.1. The lowest BCUT2D eigenvalue weighted by Crippen LogP contribution is -1.86. The summed E-state index contributed by atoms with van der Waals surface area (Å²) in [5.74, 6) is 0. The van der Waals surface area contributed by atoms with Gasteiger partial charge in [-0.05, 0) is 69.5 Å². The van der Waals surface area contributed by atoms with Crippen molar-refractivity contribution in [1.29, 1.82) is 0 Å². The van der Waals surface area contributed by atoms with Crippen molar-refractivity contribution in [2.75, 3.05) is 0 Å². The highest BCUT2D eigenvalue weighted by Gasteiger charge is 2.06. The molecule has 0 unspecified atom stereocenters. The Kier molecular flexibility index (Phi) is 7.51. The molecule has 162 valence electrons. The van der Waals surface area contributed by atoms with Gasteiger partial charge in [0.1, 0.15) is 0 Å². The molecule has 3 aromatic rings. The Hall–Kier alpha value is -3.90. The van der Waals surface area contributed by atoms with Gasteiger partial charge in [0.2, 0.25) is 0 Å². The number of hydrogen-bond acceptors (Lipinski definition) is 0. The van der Waals surface area contributed by atoms with E-state index >= 15 is 0 Å². The SMILES string of the molecule is C=C/C=C\C(=C/CC)c1cccc(-c2cccc(-c3ccc(C4=CC=CCC=C4)cc3)c2)c1. The molecular formula is C33H30. The molecule has 0 heteroatoms. The molecule has 0 bridgehead atoms. The van der Waals surface area contributed by atoms with Gasteiger partial charge in [0.25, 0.3) is 0 Å². The zero-order valence-corrected chi connectivity index (χ0v) is 19.2. The highest BCUT2D eigenvalue weighted by atomic mass is 14.1. The first kappa shape index (κ1) is 22.3. The smallest absolute Gasteiger partial charge is 0.0163 e. The Morgan fingerprint density at radius 2 is 1.52 bits per heavy atom. The van der Waals surface area contributed by atoms with Gasteiger partial charge in [0, 0.05) is 0 Å². The third-order valence-electron chi connectivity index (χ3n) is 5.76. The first-order valence-corrected chi connectivity index (χ1v) is 11.6. The molecule has 0 nitrogen and oxygen atoms in total. The van der Waals surface area contributed by atoms with Crippen molar-refractivity contribution in [2.24, 2.45) is 0 Å². The summed E-state index contributed by atoms with van der Waals surface area (Å²) in [5.41, 5.74) is 9.85. The molecular weight excluding hydrogens is 396 g/mol. The molecule has 0 saturated heterocycles. The monoisotopic (exact) mass is 426 g/mol. The Balaban J connectivity index is 1.63. The van der Waals surface area contributed by atoms with Crippen molar-refractivity contribution in [3.63, 3.8) is 0 Å². The average molecular weight is 427 g/mol. The molecule has 0 atom stereocenters. The lowest BCUT2D eigenvalue weighted by Gasteiger charge is -2.10. The largest absolute Gasteiger partial charge is 0.0991 e.